The number of halogens is 2. The molecule has 2 aromatic rings. The van der Waals surface area contributed by atoms with Gasteiger partial charge in [0, 0.05) is 11.1 Å². The molecular formula is C19H18F2O3. The fourth-order valence-corrected chi connectivity index (χ4v) is 2.90. The van der Waals surface area contributed by atoms with Gasteiger partial charge in [-0.25, -0.2) is 4.39 Å². The summed E-state index contributed by atoms with van der Waals surface area (Å²) in [6.45, 7) is 2.66. The van der Waals surface area contributed by atoms with E-state index in [1.807, 2.05) is 0 Å². The average Bonchev–Trinajstić information content (AvgIpc) is 3.41. The molecule has 4 rings (SSSR count). The number of fused-ring (bicyclic) bond motifs is 3. The first kappa shape index (κ1) is 15.2. The van der Waals surface area contributed by atoms with Gasteiger partial charge in [0.15, 0.2) is 23.1 Å². The lowest BCUT2D eigenvalue weighted by Gasteiger charge is -2.23. The van der Waals surface area contributed by atoms with Crippen LogP contribution in [0.25, 0.3) is 11.1 Å². The number of rotatable bonds is 5. The Balaban J connectivity index is 1.70. The van der Waals surface area contributed by atoms with Gasteiger partial charge in [0.2, 0.25) is 5.82 Å². The highest BCUT2D eigenvalue weighted by Crippen LogP contribution is 2.44. The zero-order chi connectivity index (χ0) is 16.7. The SMILES string of the molecule is CCOc1ccc2c(c1F)OCc1c-2ccc(OCC2CC2)c1F. The first-order valence-corrected chi connectivity index (χ1v) is 8.21. The Labute approximate surface area is 139 Å². The van der Waals surface area contributed by atoms with E-state index in [2.05, 4.69) is 0 Å². The van der Waals surface area contributed by atoms with E-state index in [0.29, 0.717) is 35.8 Å². The number of hydrogen-bond acceptors (Lipinski definition) is 3. The number of hydrogen-bond donors (Lipinski definition) is 0. The molecule has 0 spiro atoms. The summed E-state index contributed by atoms with van der Waals surface area (Å²) < 4.78 is 45.5. The highest BCUT2D eigenvalue weighted by Gasteiger charge is 2.28. The first-order valence-electron chi connectivity index (χ1n) is 8.21. The maximum atomic E-state index is 14.7. The molecule has 0 amide bonds. The van der Waals surface area contributed by atoms with Gasteiger partial charge in [-0.15, -0.1) is 0 Å². The second-order valence-electron chi connectivity index (χ2n) is 6.13. The van der Waals surface area contributed by atoms with Gasteiger partial charge < -0.3 is 14.2 Å². The molecule has 0 atom stereocenters. The Hall–Kier alpha value is -2.30. The van der Waals surface area contributed by atoms with Crippen LogP contribution in [0.15, 0.2) is 24.3 Å². The molecule has 1 aliphatic carbocycles. The third-order valence-electron chi connectivity index (χ3n) is 4.39. The summed E-state index contributed by atoms with van der Waals surface area (Å²) >= 11 is 0. The molecule has 2 aromatic carbocycles. The molecule has 0 saturated heterocycles. The van der Waals surface area contributed by atoms with Crippen molar-refractivity contribution in [3.05, 3.63) is 41.5 Å². The van der Waals surface area contributed by atoms with Crippen LogP contribution in [0.1, 0.15) is 25.3 Å². The van der Waals surface area contributed by atoms with Gasteiger partial charge in [-0.05, 0) is 55.5 Å². The van der Waals surface area contributed by atoms with Crippen molar-refractivity contribution in [1.29, 1.82) is 0 Å². The molecule has 1 saturated carbocycles. The molecule has 24 heavy (non-hydrogen) atoms. The summed E-state index contributed by atoms with van der Waals surface area (Å²) in [4.78, 5) is 0. The molecule has 1 fully saturated rings. The van der Waals surface area contributed by atoms with Crippen molar-refractivity contribution in [3.8, 4) is 28.4 Å². The molecular weight excluding hydrogens is 314 g/mol. The number of benzene rings is 2. The van der Waals surface area contributed by atoms with Gasteiger partial charge in [0.25, 0.3) is 0 Å². The zero-order valence-electron chi connectivity index (χ0n) is 13.4. The smallest absolute Gasteiger partial charge is 0.207 e. The standard InChI is InChI=1S/C19H18F2O3/c1-2-22-16-8-6-13-12-5-7-15(23-9-11-3-4-11)17(20)14(12)10-24-19(13)18(16)21/h5-8,11H,2-4,9-10H2,1H3. The van der Waals surface area contributed by atoms with Crippen LogP contribution >= 0.6 is 0 Å². The van der Waals surface area contributed by atoms with Gasteiger partial charge in [-0.3, -0.25) is 0 Å². The quantitative estimate of drug-likeness (QED) is 0.793. The van der Waals surface area contributed by atoms with E-state index in [4.69, 9.17) is 14.2 Å². The highest BCUT2D eigenvalue weighted by atomic mass is 19.1. The minimum atomic E-state index is -0.547. The summed E-state index contributed by atoms with van der Waals surface area (Å²) in [6.07, 6.45) is 2.29. The Bertz CT molecular complexity index is 785. The minimum absolute atomic E-state index is 0.0265. The van der Waals surface area contributed by atoms with Crippen molar-refractivity contribution < 1.29 is 23.0 Å². The van der Waals surface area contributed by atoms with E-state index in [-0.39, 0.29) is 23.9 Å². The Morgan fingerprint density at radius 2 is 1.71 bits per heavy atom. The molecule has 126 valence electrons. The van der Waals surface area contributed by atoms with Crippen LogP contribution in [-0.2, 0) is 6.61 Å². The van der Waals surface area contributed by atoms with E-state index in [1.54, 1.807) is 31.2 Å². The first-order chi connectivity index (χ1) is 11.7. The van der Waals surface area contributed by atoms with Crippen LogP contribution in [0.4, 0.5) is 8.78 Å². The lowest BCUT2D eigenvalue weighted by molar-refractivity contribution is 0.258. The summed E-state index contributed by atoms with van der Waals surface area (Å²) in [6, 6.07) is 6.62. The van der Waals surface area contributed by atoms with Crippen molar-refractivity contribution in [2.24, 2.45) is 5.92 Å². The third kappa shape index (κ3) is 2.58. The molecule has 0 radical (unpaired) electrons. The predicted molar refractivity (Wildman–Crippen MR) is 85.5 cm³/mol. The third-order valence-corrected chi connectivity index (χ3v) is 4.39. The van der Waals surface area contributed by atoms with Crippen molar-refractivity contribution in [2.75, 3.05) is 13.2 Å². The second-order valence-corrected chi connectivity index (χ2v) is 6.13. The fraction of sp³-hybridized carbons (Fsp3) is 0.368. The lowest BCUT2D eigenvalue weighted by Crippen LogP contribution is -2.11. The zero-order valence-corrected chi connectivity index (χ0v) is 13.4. The Morgan fingerprint density at radius 3 is 2.42 bits per heavy atom. The highest BCUT2D eigenvalue weighted by molar-refractivity contribution is 5.77. The van der Waals surface area contributed by atoms with Gasteiger partial charge in [0.05, 0.1) is 13.2 Å². The maximum absolute atomic E-state index is 14.7. The fourth-order valence-electron chi connectivity index (χ4n) is 2.90. The van der Waals surface area contributed by atoms with Gasteiger partial charge >= 0.3 is 0 Å². The Morgan fingerprint density at radius 1 is 1.00 bits per heavy atom. The van der Waals surface area contributed by atoms with Crippen LogP contribution in [0.3, 0.4) is 0 Å². The van der Waals surface area contributed by atoms with E-state index >= 15 is 0 Å². The summed E-state index contributed by atoms with van der Waals surface area (Å²) in [7, 11) is 0. The molecule has 0 aromatic heterocycles. The topological polar surface area (TPSA) is 27.7 Å². The molecule has 5 heteroatoms. The van der Waals surface area contributed by atoms with Crippen molar-refractivity contribution in [2.45, 2.75) is 26.4 Å². The van der Waals surface area contributed by atoms with E-state index < -0.39 is 11.6 Å². The summed E-state index contributed by atoms with van der Waals surface area (Å²) in [5, 5.41) is 0. The van der Waals surface area contributed by atoms with Crippen LogP contribution in [-0.4, -0.2) is 13.2 Å². The van der Waals surface area contributed by atoms with Gasteiger partial charge in [-0.2, -0.15) is 4.39 Å². The van der Waals surface area contributed by atoms with Crippen molar-refractivity contribution >= 4 is 0 Å². The van der Waals surface area contributed by atoms with Crippen LogP contribution in [0, 0.1) is 17.6 Å². The maximum Gasteiger partial charge on any atom is 0.207 e. The van der Waals surface area contributed by atoms with E-state index in [0.717, 1.165) is 12.8 Å². The molecule has 0 bridgehead atoms. The number of ether oxygens (including phenoxy) is 3. The van der Waals surface area contributed by atoms with Crippen LogP contribution < -0.4 is 14.2 Å². The Kier molecular flexibility index (Phi) is 3.79. The monoisotopic (exact) mass is 332 g/mol. The van der Waals surface area contributed by atoms with E-state index in [9.17, 15) is 8.78 Å². The van der Waals surface area contributed by atoms with Crippen molar-refractivity contribution in [3.63, 3.8) is 0 Å². The molecule has 2 aliphatic rings. The molecule has 1 heterocycles. The second kappa shape index (κ2) is 5.96. The van der Waals surface area contributed by atoms with E-state index in [1.165, 1.54) is 0 Å². The molecule has 1 aliphatic heterocycles. The van der Waals surface area contributed by atoms with Crippen LogP contribution in [0.2, 0.25) is 0 Å². The molecule has 3 nitrogen and oxygen atoms in total. The van der Waals surface area contributed by atoms with Crippen molar-refractivity contribution in [1.82, 2.24) is 0 Å². The summed E-state index contributed by atoms with van der Waals surface area (Å²) in [5.41, 5.74) is 1.57. The average molecular weight is 332 g/mol. The predicted octanol–water partition coefficient (Wildman–Crippen LogP) is 4.71. The van der Waals surface area contributed by atoms with Crippen LogP contribution in [0.5, 0.6) is 17.2 Å². The summed E-state index contributed by atoms with van der Waals surface area (Å²) in [5.74, 6) is 0.0641. The lowest BCUT2D eigenvalue weighted by atomic mass is 9.96. The molecule has 0 N–H and O–H groups in total. The largest absolute Gasteiger partial charge is 0.491 e. The molecule has 0 unspecified atom stereocenters. The normalized spacial score (nSPS) is 15.3. The van der Waals surface area contributed by atoms with Gasteiger partial charge in [-0.1, -0.05) is 0 Å². The minimum Gasteiger partial charge on any atom is -0.491 e. The van der Waals surface area contributed by atoms with Gasteiger partial charge in [0.1, 0.15) is 6.61 Å².